The number of halogens is 1. The third kappa shape index (κ3) is 5.83. The molecule has 0 radical (unpaired) electrons. The van der Waals surface area contributed by atoms with Gasteiger partial charge in [0.15, 0.2) is 0 Å². The maximum atomic E-state index is 13.8. The molecule has 1 saturated carbocycles. The van der Waals surface area contributed by atoms with Crippen LogP contribution >= 0.6 is 15.9 Å². The van der Waals surface area contributed by atoms with E-state index in [4.69, 9.17) is 4.74 Å². The van der Waals surface area contributed by atoms with Crippen LogP contribution in [0.3, 0.4) is 0 Å². The minimum atomic E-state index is -0.918. The van der Waals surface area contributed by atoms with Crippen LogP contribution in [0, 0.1) is 34.0 Å². The largest absolute Gasteiger partial charge is 0.444 e. The summed E-state index contributed by atoms with van der Waals surface area (Å²) in [5.41, 5.74) is -0.908. The first-order valence-electron chi connectivity index (χ1n) is 12.1. The van der Waals surface area contributed by atoms with Crippen LogP contribution in [0.4, 0.5) is 4.79 Å². The van der Waals surface area contributed by atoms with Gasteiger partial charge in [-0.2, -0.15) is 5.26 Å². The fraction of sp³-hybridized carbons (Fsp3) is 0.654. The van der Waals surface area contributed by atoms with Crippen molar-refractivity contribution in [1.82, 2.24) is 20.5 Å². The van der Waals surface area contributed by atoms with Crippen LogP contribution in [0.5, 0.6) is 0 Å². The molecule has 1 aliphatic heterocycles. The highest BCUT2D eigenvalue weighted by molar-refractivity contribution is 9.10. The topological polar surface area (TPSA) is 124 Å². The van der Waals surface area contributed by atoms with Crippen molar-refractivity contribution in [3.8, 4) is 6.07 Å². The number of hydrogen-bond acceptors (Lipinski definition) is 6. The maximum absolute atomic E-state index is 13.8. The minimum absolute atomic E-state index is 0.0384. The van der Waals surface area contributed by atoms with Gasteiger partial charge < -0.3 is 20.3 Å². The highest BCUT2D eigenvalue weighted by Gasteiger charge is 2.69. The molecule has 0 aromatic carbocycles. The summed E-state index contributed by atoms with van der Waals surface area (Å²) >= 11 is 3.34. The lowest BCUT2D eigenvalue weighted by Gasteiger charge is -2.38. The van der Waals surface area contributed by atoms with E-state index in [1.54, 1.807) is 37.9 Å². The van der Waals surface area contributed by atoms with Gasteiger partial charge in [-0.1, -0.05) is 34.6 Å². The molecule has 0 spiro atoms. The molecule has 1 aromatic heterocycles. The quantitative estimate of drug-likeness (QED) is 0.560. The monoisotopic (exact) mass is 561 g/mol. The van der Waals surface area contributed by atoms with Crippen molar-refractivity contribution < 1.29 is 19.1 Å². The van der Waals surface area contributed by atoms with E-state index in [1.807, 2.05) is 20.8 Å². The molecule has 9 nitrogen and oxygen atoms in total. The van der Waals surface area contributed by atoms with Gasteiger partial charge in [-0.3, -0.25) is 14.6 Å². The molecule has 1 unspecified atom stereocenters. The molecule has 1 aromatic rings. The number of piperidine rings is 1. The molecule has 0 bridgehead atoms. The van der Waals surface area contributed by atoms with E-state index in [0.717, 1.165) is 0 Å². The zero-order chi connectivity index (χ0) is 27.2. The number of alkyl carbamates (subject to hydrolysis) is 1. The molecule has 2 fully saturated rings. The van der Waals surface area contributed by atoms with Crippen LogP contribution in [0.25, 0.3) is 0 Å². The summed E-state index contributed by atoms with van der Waals surface area (Å²) < 4.78 is 6.08. The molecule has 3 rings (SSSR count). The number of nitriles is 1. The summed E-state index contributed by atoms with van der Waals surface area (Å²) in [6.45, 7) is 15.4. The number of carbonyl (C=O) groups excluding carboxylic acids is 3. The Labute approximate surface area is 221 Å². The predicted octanol–water partition coefficient (Wildman–Crippen LogP) is 3.95. The number of nitrogens with one attached hydrogen (secondary N) is 2. The molecular formula is C26H36BrN5O4. The van der Waals surface area contributed by atoms with Crippen molar-refractivity contribution in [1.29, 1.82) is 5.26 Å². The second kappa shape index (κ2) is 9.66. The number of rotatable bonds is 5. The average Bonchev–Trinajstić information content (AvgIpc) is 3.08. The SMILES string of the molecule is CC(C)(C)OC(=O)N[C@H](C(=O)N1C[C@H]2[C@@H]([C@H]1C(=O)NC(C#N)c1cncc(Br)c1)C2(C)C)C(C)(C)C. The van der Waals surface area contributed by atoms with Gasteiger partial charge in [-0.15, -0.1) is 0 Å². The van der Waals surface area contributed by atoms with Crippen molar-refractivity contribution in [2.24, 2.45) is 22.7 Å². The lowest BCUT2D eigenvalue weighted by atomic mass is 9.85. The molecule has 2 heterocycles. The van der Waals surface area contributed by atoms with Crippen molar-refractivity contribution in [3.05, 3.63) is 28.5 Å². The number of amides is 3. The molecule has 36 heavy (non-hydrogen) atoms. The first-order valence-corrected chi connectivity index (χ1v) is 12.9. The van der Waals surface area contributed by atoms with Crippen molar-refractivity contribution in [2.75, 3.05) is 6.54 Å². The Balaban J connectivity index is 1.86. The van der Waals surface area contributed by atoms with Gasteiger partial charge in [0.2, 0.25) is 11.8 Å². The number of hydrogen-bond donors (Lipinski definition) is 2. The Bertz CT molecular complexity index is 1090. The van der Waals surface area contributed by atoms with Gasteiger partial charge in [0.05, 0.1) is 6.07 Å². The zero-order valence-corrected chi connectivity index (χ0v) is 23.8. The standard InChI is InChI=1S/C26H36BrN5O4/c1-24(2,3)20(31-23(35)36-25(4,5)6)22(34)32-13-16-18(26(16,7)8)19(32)21(33)30-17(10-28)14-9-15(27)12-29-11-14/h9,11-12,16-20H,13H2,1-8H3,(H,30,33)(H,31,35)/t16-,17?,18-,19-,20+/m0/s1. The Hall–Kier alpha value is -2.67. The van der Waals surface area contributed by atoms with E-state index in [-0.39, 0.29) is 23.2 Å². The third-order valence-corrected chi connectivity index (χ3v) is 7.44. The van der Waals surface area contributed by atoms with Gasteiger partial charge in [-0.05, 0) is 65.4 Å². The summed E-state index contributed by atoms with van der Waals surface area (Å²) in [4.78, 5) is 45.7. The molecule has 196 valence electrons. The molecule has 10 heteroatoms. The Morgan fingerprint density at radius 2 is 1.83 bits per heavy atom. The van der Waals surface area contributed by atoms with Crippen LogP contribution < -0.4 is 10.6 Å². The lowest BCUT2D eigenvalue weighted by Crippen LogP contribution is -2.59. The van der Waals surface area contributed by atoms with Crippen LogP contribution in [-0.2, 0) is 14.3 Å². The number of likely N-dealkylation sites (tertiary alicyclic amines) is 1. The highest BCUT2D eigenvalue weighted by atomic mass is 79.9. The second-order valence-electron chi connectivity index (χ2n) is 12.3. The number of nitrogens with zero attached hydrogens (tertiary/aromatic N) is 3. The lowest BCUT2D eigenvalue weighted by molar-refractivity contribution is -0.144. The molecule has 3 amide bonds. The van der Waals surface area contributed by atoms with Crippen molar-refractivity contribution >= 4 is 33.8 Å². The van der Waals surface area contributed by atoms with E-state index in [2.05, 4.69) is 51.5 Å². The molecule has 2 aliphatic rings. The summed E-state index contributed by atoms with van der Waals surface area (Å²) in [5, 5.41) is 15.3. The predicted molar refractivity (Wildman–Crippen MR) is 137 cm³/mol. The maximum Gasteiger partial charge on any atom is 0.408 e. The first-order chi connectivity index (χ1) is 16.5. The van der Waals surface area contributed by atoms with Gasteiger partial charge in [0.25, 0.3) is 0 Å². The number of carbonyl (C=O) groups is 3. The van der Waals surface area contributed by atoms with E-state index in [0.29, 0.717) is 16.6 Å². The van der Waals surface area contributed by atoms with Crippen LogP contribution in [-0.4, -0.2) is 52.0 Å². The summed E-state index contributed by atoms with van der Waals surface area (Å²) in [5.74, 6) is -0.608. The van der Waals surface area contributed by atoms with E-state index in [1.165, 1.54) is 6.20 Å². The average molecular weight is 563 g/mol. The first kappa shape index (κ1) is 27.9. The second-order valence-corrected chi connectivity index (χ2v) is 13.3. The van der Waals surface area contributed by atoms with Gasteiger partial charge >= 0.3 is 6.09 Å². The fourth-order valence-electron chi connectivity index (χ4n) is 5.06. The van der Waals surface area contributed by atoms with Gasteiger partial charge in [0, 0.05) is 29.0 Å². The molecule has 2 N–H and O–H groups in total. The summed E-state index contributed by atoms with van der Waals surface area (Å²) in [7, 11) is 0. The minimum Gasteiger partial charge on any atom is -0.444 e. The Morgan fingerprint density at radius 3 is 2.36 bits per heavy atom. The summed E-state index contributed by atoms with van der Waals surface area (Å²) in [6.07, 6.45) is 2.44. The molecule has 1 saturated heterocycles. The third-order valence-electron chi connectivity index (χ3n) is 7.01. The van der Waals surface area contributed by atoms with Crippen LogP contribution in [0.15, 0.2) is 22.9 Å². The molecular weight excluding hydrogens is 526 g/mol. The zero-order valence-electron chi connectivity index (χ0n) is 22.2. The Kier molecular flexibility index (Phi) is 7.49. The van der Waals surface area contributed by atoms with Crippen molar-refractivity contribution in [3.63, 3.8) is 0 Å². The normalized spacial score (nSPS) is 24.1. The number of pyridine rings is 1. The summed E-state index contributed by atoms with van der Waals surface area (Å²) in [6, 6.07) is 1.28. The van der Waals surface area contributed by atoms with E-state index in [9.17, 15) is 19.6 Å². The number of fused-ring (bicyclic) bond motifs is 1. The van der Waals surface area contributed by atoms with Gasteiger partial charge in [-0.25, -0.2) is 4.79 Å². The van der Waals surface area contributed by atoms with E-state index < -0.39 is 41.1 Å². The smallest absolute Gasteiger partial charge is 0.408 e. The number of ether oxygens (including phenoxy) is 1. The Morgan fingerprint density at radius 1 is 1.19 bits per heavy atom. The van der Waals surface area contributed by atoms with Crippen LogP contribution in [0.2, 0.25) is 0 Å². The van der Waals surface area contributed by atoms with Gasteiger partial charge in [0.1, 0.15) is 23.7 Å². The molecule has 1 aliphatic carbocycles. The number of aromatic nitrogens is 1. The highest BCUT2D eigenvalue weighted by Crippen LogP contribution is 2.65. The molecule has 5 atom stereocenters. The van der Waals surface area contributed by atoms with Crippen molar-refractivity contribution in [2.45, 2.75) is 79.1 Å². The fourth-order valence-corrected chi connectivity index (χ4v) is 5.44. The van der Waals surface area contributed by atoms with E-state index >= 15 is 0 Å². The van der Waals surface area contributed by atoms with Crippen LogP contribution in [0.1, 0.15) is 67.0 Å².